The minimum absolute atomic E-state index is 0.526. The summed E-state index contributed by atoms with van der Waals surface area (Å²) in [4.78, 5) is 0. The van der Waals surface area contributed by atoms with E-state index in [0.29, 0.717) is 11.5 Å². The highest BCUT2D eigenvalue weighted by Crippen LogP contribution is 2.40. The molecule has 21 heavy (non-hydrogen) atoms. The molecule has 1 aliphatic rings. The lowest BCUT2D eigenvalue weighted by molar-refractivity contribution is 0.137. The highest BCUT2D eigenvalue weighted by atomic mass is 15.0. The fraction of sp³-hybridized carbons (Fsp3) is 0.789. The van der Waals surface area contributed by atoms with Gasteiger partial charge in [0.25, 0.3) is 0 Å². The first-order chi connectivity index (χ1) is 9.85. The second kappa shape index (κ2) is 6.56. The van der Waals surface area contributed by atoms with Crippen molar-refractivity contribution in [3.05, 3.63) is 23.0 Å². The Kier molecular flexibility index (Phi) is 5.19. The first-order valence-electron chi connectivity index (χ1n) is 8.70. The molecule has 2 heteroatoms. The van der Waals surface area contributed by atoms with Crippen LogP contribution in [0.4, 0.5) is 0 Å². The van der Waals surface area contributed by atoms with Gasteiger partial charge in [-0.05, 0) is 62.5 Å². The van der Waals surface area contributed by atoms with Crippen molar-refractivity contribution in [3.63, 3.8) is 0 Å². The molecule has 0 bridgehead atoms. The summed E-state index contributed by atoms with van der Waals surface area (Å²) in [5.74, 6) is 0.918. The van der Waals surface area contributed by atoms with Crippen LogP contribution in [0.25, 0.3) is 0 Å². The lowest BCUT2D eigenvalue weighted by atomic mass is 9.69. The third kappa shape index (κ3) is 3.71. The Labute approximate surface area is 131 Å². The lowest BCUT2D eigenvalue weighted by Gasteiger charge is -2.39. The smallest absolute Gasteiger partial charge is 0.0225 e. The van der Waals surface area contributed by atoms with Crippen LogP contribution in [0.15, 0.2) is 6.07 Å². The molecule has 2 nitrogen and oxygen atoms in total. The third-order valence-corrected chi connectivity index (χ3v) is 6.20. The first kappa shape index (κ1) is 16.6. The highest BCUT2D eigenvalue weighted by molar-refractivity contribution is 5.26. The molecule has 2 rings (SSSR count). The highest BCUT2D eigenvalue weighted by Gasteiger charge is 2.31. The van der Waals surface area contributed by atoms with E-state index in [1.807, 2.05) is 0 Å². The average Bonchev–Trinajstić information content (AvgIpc) is 2.73. The number of nitrogens with zero attached hydrogens (tertiary/aromatic N) is 1. The Bertz CT molecular complexity index is 462. The van der Waals surface area contributed by atoms with Crippen LogP contribution in [-0.2, 0) is 13.6 Å². The monoisotopic (exact) mass is 290 g/mol. The average molecular weight is 290 g/mol. The van der Waals surface area contributed by atoms with Gasteiger partial charge < -0.3 is 9.88 Å². The summed E-state index contributed by atoms with van der Waals surface area (Å²) < 4.78 is 2.29. The van der Waals surface area contributed by atoms with Gasteiger partial charge in [-0.3, -0.25) is 0 Å². The maximum atomic E-state index is 3.80. The van der Waals surface area contributed by atoms with Crippen LogP contribution in [0.3, 0.4) is 0 Å². The molecule has 1 aromatic rings. The molecule has 0 amide bonds. The summed E-state index contributed by atoms with van der Waals surface area (Å²) in [6, 6.07) is 3.04. The Morgan fingerprint density at radius 2 is 1.81 bits per heavy atom. The van der Waals surface area contributed by atoms with E-state index in [4.69, 9.17) is 0 Å². The van der Waals surface area contributed by atoms with Crippen molar-refractivity contribution in [1.29, 1.82) is 0 Å². The van der Waals surface area contributed by atoms with E-state index in [9.17, 15) is 0 Å². The Hall–Kier alpha value is -0.760. The van der Waals surface area contributed by atoms with Crippen LogP contribution in [0.5, 0.6) is 0 Å². The lowest BCUT2D eigenvalue weighted by Crippen LogP contribution is -2.36. The zero-order chi connectivity index (χ0) is 15.6. The van der Waals surface area contributed by atoms with E-state index in [1.165, 1.54) is 49.1 Å². The molecule has 0 unspecified atom stereocenters. The molecule has 1 saturated carbocycles. The predicted octanol–water partition coefficient (Wildman–Crippen LogP) is 4.73. The van der Waals surface area contributed by atoms with Crippen LogP contribution in [-0.4, -0.2) is 10.6 Å². The number of aromatic nitrogens is 1. The molecule has 0 aromatic carbocycles. The molecule has 0 aliphatic heterocycles. The van der Waals surface area contributed by atoms with E-state index in [-0.39, 0.29) is 0 Å². The molecule has 0 atom stereocenters. The van der Waals surface area contributed by atoms with E-state index < -0.39 is 0 Å². The van der Waals surface area contributed by atoms with Crippen molar-refractivity contribution < 1.29 is 0 Å². The van der Waals surface area contributed by atoms with E-state index in [0.717, 1.165) is 12.5 Å². The first-order valence-corrected chi connectivity index (χ1v) is 8.70. The quantitative estimate of drug-likeness (QED) is 0.830. The van der Waals surface area contributed by atoms with Crippen molar-refractivity contribution in [1.82, 2.24) is 9.88 Å². The molecule has 1 aliphatic carbocycles. The molecule has 1 aromatic heterocycles. The van der Waals surface area contributed by atoms with Crippen molar-refractivity contribution in [2.75, 3.05) is 0 Å². The van der Waals surface area contributed by atoms with Crippen LogP contribution in [0, 0.1) is 25.2 Å². The number of nitrogens with one attached hydrogen (secondary N) is 1. The van der Waals surface area contributed by atoms with Crippen LogP contribution in [0.1, 0.15) is 69.8 Å². The molecular weight excluding hydrogens is 256 g/mol. The minimum Gasteiger partial charge on any atom is -0.352 e. The van der Waals surface area contributed by atoms with Crippen LogP contribution < -0.4 is 5.32 Å². The van der Waals surface area contributed by atoms with Gasteiger partial charge in [0.15, 0.2) is 0 Å². The molecule has 1 fully saturated rings. The fourth-order valence-corrected chi connectivity index (χ4v) is 3.73. The Morgan fingerprint density at radius 3 is 2.29 bits per heavy atom. The van der Waals surface area contributed by atoms with Crippen molar-refractivity contribution in [2.24, 2.45) is 18.4 Å². The molecule has 0 saturated heterocycles. The second-order valence-corrected chi connectivity index (χ2v) is 7.73. The summed E-state index contributed by atoms with van der Waals surface area (Å²) in [5, 5.41) is 3.80. The SMILES string of the molecule is CCC(C)(C)C1CCC(NCc2cc(C)n(C)c2C)CC1. The normalized spacial score (nSPS) is 23.5. The van der Waals surface area contributed by atoms with Crippen LogP contribution in [0.2, 0.25) is 0 Å². The summed E-state index contributed by atoms with van der Waals surface area (Å²) in [7, 11) is 2.16. The molecule has 1 heterocycles. The van der Waals surface area contributed by atoms with E-state index >= 15 is 0 Å². The standard InChI is InChI=1S/C19H34N2/c1-7-19(4,5)17-8-10-18(11-9-17)20-13-16-12-14(2)21(6)15(16)3/h12,17-18,20H,7-11,13H2,1-6H3. The van der Waals surface area contributed by atoms with Gasteiger partial charge in [-0.1, -0.05) is 27.2 Å². The summed E-state index contributed by atoms with van der Waals surface area (Å²) in [6.45, 7) is 12.7. The number of hydrogen-bond acceptors (Lipinski definition) is 1. The fourth-order valence-electron chi connectivity index (χ4n) is 3.73. The van der Waals surface area contributed by atoms with Gasteiger partial charge in [-0.2, -0.15) is 0 Å². The largest absolute Gasteiger partial charge is 0.352 e. The zero-order valence-electron chi connectivity index (χ0n) is 14.9. The predicted molar refractivity (Wildman–Crippen MR) is 91.5 cm³/mol. The Morgan fingerprint density at radius 1 is 1.19 bits per heavy atom. The molecule has 0 spiro atoms. The van der Waals surface area contributed by atoms with Crippen molar-refractivity contribution in [3.8, 4) is 0 Å². The van der Waals surface area contributed by atoms with Crippen molar-refractivity contribution >= 4 is 0 Å². The topological polar surface area (TPSA) is 17.0 Å². The molecule has 1 N–H and O–H groups in total. The minimum atomic E-state index is 0.526. The zero-order valence-corrected chi connectivity index (χ0v) is 14.9. The van der Waals surface area contributed by atoms with Gasteiger partial charge in [0, 0.05) is 31.0 Å². The third-order valence-electron chi connectivity index (χ3n) is 6.20. The summed E-state index contributed by atoms with van der Waals surface area (Å²) >= 11 is 0. The van der Waals surface area contributed by atoms with Gasteiger partial charge in [-0.15, -0.1) is 0 Å². The van der Waals surface area contributed by atoms with E-state index in [2.05, 4.69) is 57.6 Å². The van der Waals surface area contributed by atoms with Gasteiger partial charge >= 0.3 is 0 Å². The van der Waals surface area contributed by atoms with Gasteiger partial charge in [0.05, 0.1) is 0 Å². The molecule has 0 radical (unpaired) electrons. The molecular formula is C19H34N2. The maximum Gasteiger partial charge on any atom is 0.0225 e. The Balaban J connectivity index is 1.83. The summed E-state index contributed by atoms with van der Waals surface area (Å²) in [5.41, 5.74) is 4.75. The molecule has 120 valence electrons. The number of rotatable bonds is 5. The van der Waals surface area contributed by atoms with Gasteiger partial charge in [0.1, 0.15) is 0 Å². The van der Waals surface area contributed by atoms with Gasteiger partial charge in [-0.25, -0.2) is 0 Å². The van der Waals surface area contributed by atoms with E-state index in [1.54, 1.807) is 0 Å². The van der Waals surface area contributed by atoms with Crippen molar-refractivity contribution in [2.45, 2.75) is 79.3 Å². The van der Waals surface area contributed by atoms with Gasteiger partial charge in [0.2, 0.25) is 0 Å². The number of hydrogen-bond donors (Lipinski definition) is 1. The number of aryl methyl sites for hydroxylation is 1. The second-order valence-electron chi connectivity index (χ2n) is 7.73. The van der Waals surface area contributed by atoms with Crippen LogP contribution >= 0.6 is 0 Å². The maximum absolute atomic E-state index is 3.80. The summed E-state index contributed by atoms with van der Waals surface area (Å²) in [6.07, 6.45) is 6.78.